The quantitative estimate of drug-likeness (QED) is 0.791. The summed E-state index contributed by atoms with van der Waals surface area (Å²) in [5, 5.41) is 0. The summed E-state index contributed by atoms with van der Waals surface area (Å²) in [4.78, 5) is 4.60. The van der Waals surface area contributed by atoms with Gasteiger partial charge in [-0.15, -0.1) is 11.6 Å². The molecule has 1 atom stereocenters. The zero-order chi connectivity index (χ0) is 13.1. The molecule has 5 heteroatoms. The van der Waals surface area contributed by atoms with E-state index in [9.17, 15) is 4.21 Å². The molecule has 0 bridgehead atoms. The van der Waals surface area contributed by atoms with Gasteiger partial charge in [0, 0.05) is 41.7 Å². The first-order valence-corrected chi connectivity index (χ1v) is 8.19. The monoisotopic (exact) mass is 284 g/mol. The van der Waals surface area contributed by atoms with E-state index in [2.05, 4.69) is 28.6 Å². The summed E-state index contributed by atoms with van der Waals surface area (Å²) in [6.07, 6.45) is 2.47. The molecule has 0 amide bonds. The first-order chi connectivity index (χ1) is 8.61. The number of hydrogen-bond acceptors (Lipinski definition) is 2. The molecule has 2 rings (SSSR count). The zero-order valence-corrected chi connectivity index (χ0v) is 12.2. The first kappa shape index (κ1) is 13.6. The minimum atomic E-state index is -0.792. The van der Waals surface area contributed by atoms with E-state index in [4.69, 9.17) is 11.6 Å². The highest BCUT2D eigenvalue weighted by molar-refractivity contribution is 7.84. The van der Waals surface area contributed by atoms with E-state index >= 15 is 0 Å². The van der Waals surface area contributed by atoms with Crippen LogP contribution in [0.4, 0.5) is 0 Å². The molecule has 0 saturated heterocycles. The Morgan fingerprint density at radius 2 is 2.22 bits per heavy atom. The molecule has 0 aliphatic heterocycles. The Morgan fingerprint density at radius 3 is 2.89 bits per heavy atom. The van der Waals surface area contributed by atoms with Crippen molar-refractivity contribution < 1.29 is 4.21 Å². The fraction of sp³-hybridized carbons (Fsp3) is 0.462. The molecule has 0 fully saturated rings. The maximum atomic E-state index is 11.3. The molecule has 0 spiro atoms. The van der Waals surface area contributed by atoms with Crippen molar-refractivity contribution in [3.63, 3.8) is 0 Å². The molecule has 0 radical (unpaired) electrons. The number of aryl methyl sites for hydroxylation is 3. The van der Waals surface area contributed by atoms with Crippen LogP contribution in [0.3, 0.4) is 0 Å². The zero-order valence-electron chi connectivity index (χ0n) is 10.6. The van der Waals surface area contributed by atoms with Gasteiger partial charge in [0.15, 0.2) is 0 Å². The van der Waals surface area contributed by atoms with Crippen LogP contribution in [0, 0.1) is 6.92 Å². The van der Waals surface area contributed by atoms with Crippen LogP contribution in [0.25, 0.3) is 11.0 Å². The van der Waals surface area contributed by atoms with Gasteiger partial charge in [-0.25, -0.2) is 4.98 Å². The highest BCUT2D eigenvalue weighted by Gasteiger charge is 2.10. The summed E-state index contributed by atoms with van der Waals surface area (Å²) in [5.41, 5.74) is 3.31. The number of fused-ring (bicyclic) bond motifs is 1. The Balaban J connectivity index is 2.46. The van der Waals surface area contributed by atoms with Crippen LogP contribution in [-0.4, -0.2) is 31.6 Å². The van der Waals surface area contributed by atoms with E-state index < -0.39 is 10.8 Å². The first-order valence-electron chi connectivity index (χ1n) is 5.93. The molecule has 98 valence electrons. The third-order valence-electron chi connectivity index (χ3n) is 2.90. The smallest absolute Gasteiger partial charge is 0.111 e. The van der Waals surface area contributed by atoms with Crippen LogP contribution in [0.1, 0.15) is 11.4 Å². The predicted octanol–water partition coefficient (Wildman–Crippen LogP) is 2.50. The number of benzene rings is 1. The number of aromatic nitrogens is 2. The summed E-state index contributed by atoms with van der Waals surface area (Å²) in [5.74, 6) is 2.18. The maximum absolute atomic E-state index is 11.3. The molecule has 0 aliphatic rings. The molecule has 1 unspecified atom stereocenters. The molecule has 3 nitrogen and oxygen atoms in total. The second-order valence-electron chi connectivity index (χ2n) is 4.39. The van der Waals surface area contributed by atoms with Gasteiger partial charge in [0.2, 0.25) is 0 Å². The van der Waals surface area contributed by atoms with Crippen molar-refractivity contribution in [2.75, 3.05) is 17.9 Å². The standard InChI is InChI=1S/C13H17ClN2OS/c1-10-3-4-11-12(9-10)16(7-8-18(2)17)13(15-11)5-6-14/h3-4,9H,5-8H2,1-2H3. The lowest BCUT2D eigenvalue weighted by Crippen LogP contribution is -2.10. The lowest BCUT2D eigenvalue weighted by atomic mass is 10.2. The number of imidazole rings is 1. The minimum Gasteiger partial charge on any atom is -0.327 e. The Hall–Kier alpha value is -0.870. The second kappa shape index (κ2) is 5.85. The molecule has 18 heavy (non-hydrogen) atoms. The van der Waals surface area contributed by atoms with Gasteiger partial charge in [0.1, 0.15) is 5.82 Å². The molecule has 2 aromatic rings. The van der Waals surface area contributed by atoms with E-state index in [-0.39, 0.29) is 0 Å². The average molecular weight is 285 g/mol. The number of alkyl halides is 1. The van der Waals surface area contributed by atoms with E-state index in [0.717, 1.165) is 29.8 Å². The highest BCUT2D eigenvalue weighted by atomic mass is 35.5. The van der Waals surface area contributed by atoms with E-state index in [1.165, 1.54) is 5.56 Å². The lowest BCUT2D eigenvalue weighted by molar-refractivity contribution is 0.674. The van der Waals surface area contributed by atoms with Gasteiger partial charge in [0.05, 0.1) is 11.0 Å². The van der Waals surface area contributed by atoms with Gasteiger partial charge in [-0.1, -0.05) is 6.07 Å². The van der Waals surface area contributed by atoms with E-state index in [0.29, 0.717) is 11.6 Å². The second-order valence-corrected chi connectivity index (χ2v) is 6.32. The van der Waals surface area contributed by atoms with Gasteiger partial charge in [0.25, 0.3) is 0 Å². The molecule has 0 N–H and O–H groups in total. The topological polar surface area (TPSA) is 34.9 Å². The minimum absolute atomic E-state index is 0.553. The molecule has 0 saturated carbocycles. The SMILES string of the molecule is Cc1ccc2nc(CCCl)n(CCS(C)=O)c2c1. The summed E-state index contributed by atoms with van der Waals surface area (Å²) >= 11 is 5.82. The number of halogens is 1. The Kier molecular flexibility index (Phi) is 4.40. The van der Waals surface area contributed by atoms with Crippen LogP contribution in [0.15, 0.2) is 18.2 Å². The van der Waals surface area contributed by atoms with Crippen molar-refractivity contribution in [2.45, 2.75) is 19.9 Å². The van der Waals surface area contributed by atoms with Crippen LogP contribution in [-0.2, 0) is 23.8 Å². The van der Waals surface area contributed by atoms with Gasteiger partial charge in [-0.05, 0) is 24.6 Å². The Morgan fingerprint density at radius 1 is 1.44 bits per heavy atom. The maximum Gasteiger partial charge on any atom is 0.111 e. The molecule has 1 heterocycles. The predicted molar refractivity (Wildman–Crippen MR) is 77.8 cm³/mol. The molecular formula is C13H17ClN2OS. The number of hydrogen-bond donors (Lipinski definition) is 0. The van der Waals surface area contributed by atoms with Crippen molar-refractivity contribution >= 4 is 33.4 Å². The van der Waals surface area contributed by atoms with Gasteiger partial charge >= 0.3 is 0 Å². The van der Waals surface area contributed by atoms with Crippen molar-refractivity contribution in [3.8, 4) is 0 Å². The molecule has 1 aromatic heterocycles. The Labute approximate surface area is 115 Å². The highest BCUT2D eigenvalue weighted by Crippen LogP contribution is 2.18. The van der Waals surface area contributed by atoms with E-state index in [1.54, 1.807) is 6.26 Å². The number of nitrogens with zero attached hydrogens (tertiary/aromatic N) is 2. The van der Waals surface area contributed by atoms with Gasteiger partial charge < -0.3 is 4.57 Å². The molecular weight excluding hydrogens is 268 g/mol. The van der Waals surface area contributed by atoms with Crippen LogP contribution >= 0.6 is 11.6 Å². The molecule has 1 aromatic carbocycles. The van der Waals surface area contributed by atoms with Crippen LogP contribution in [0.2, 0.25) is 0 Å². The lowest BCUT2D eigenvalue weighted by Gasteiger charge is -2.07. The average Bonchev–Trinajstić information content (AvgIpc) is 2.64. The van der Waals surface area contributed by atoms with E-state index in [1.807, 2.05) is 6.07 Å². The van der Waals surface area contributed by atoms with Gasteiger partial charge in [-0.3, -0.25) is 4.21 Å². The van der Waals surface area contributed by atoms with Gasteiger partial charge in [-0.2, -0.15) is 0 Å². The fourth-order valence-electron chi connectivity index (χ4n) is 2.03. The molecule has 0 aliphatic carbocycles. The fourth-order valence-corrected chi connectivity index (χ4v) is 2.64. The normalized spacial score (nSPS) is 13.1. The van der Waals surface area contributed by atoms with Crippen molar-refractivity contribution in [1.82, 2.24) is 9.55 Å². The summed E-state index contributed by atoms with van der Waals surface area (Å²) in [6, 6.07) is 6.21. The number of rotatable bonds is 5. The Bertz CT molecular complexity index is 580. The third kappa shape index (κ3) is 2.93. The van der Waals surface area contributed by atoms with Crippen molar-refractivity contribution in [1.29, 1.82) is 0 Å². The van der Waals surface area contributed by atoms with Crippen molar-refractivity contribution in [2.24, 2.45) is 0 Å². The third-order valence-corrected chi connectivity index (χ3v) is 3.85. The summed E-state index contributed by atoms with van der Waals surface area (Å²) in [6.45, 7) is 2.80. The largest absolute Gasteiger partial charge is 0.327 e. The van der Waals surface area contributed by atoms with Crippen molar-refractivity contribution in [3.05, 3.63) is 29.6 Å². The summed E-state index contributed by atoms with van der Waals surface area (Å²) in [7, 11) is -0.792. The summed E-state index contributed by atoms with van der Waals surface area (Å²) < 4.78 is 13.4. The van der Waals surface area contributed by atoms with Crippen LogP contribution in [0.5, 0.6) is 0 Å². The van der Waals surface area contributed by atoms with Crippen LogP contribution < -0.4 is 0 Å².